The van der Waals surface area contributed by atoms with E-state index in [1.807, 2.05) is 0 Å². The smallest absolute Gasteiger partial charge is 0.460 e. The maximum absolute atomic E-state index is 13.5. The Bertz CT molecular complexity index is 751. The number of hydrogen-bond acceptors (Lipinski definition) is 2. The number of carbonyl (C=O) groups is 1. The first-order valence-electron chi connectivity index (χ1n) is 6.91. The van der Waals surface area contributed by atoms with Gasteiger partial charge in [0, 0.05) is 6.08 Å². The van der Waals surface area contributed by atoms with Gasteiger partial charge in [-0.05, 0) is 0 Å². The SMILES string of the molecule is O=C(O)C1OC1C(F)(F)C(F)(F)C(F)(F)C(F)(F)/C=C(\F)C(F)(F)C(F)(F)C(F)(F)F. The van der Waals surface area contributed by atoms with Crippen molar-refractivity contribution in [3.05, 3.63) is 11.9 Å². The largest absolute Gasteiger partial charge is 0.479 e. The standard InChI is InChI=1S/C12H4F16O3/c13-2(7(16,17)11(24,25)12(26,27)28)1-6(14,15)9(20,21)10(22,23)8(18,19)4-3(31-4)5(29)30/h1,3-4H,(H,29,30)/b2-1-. The summed E-state index contributed by atoms with van der Waals surface area (Å²) in [6, 6.07) is 0. The molecule has 1 fully saturated rings. The van der Waals surface area contributed by atoms with Crippen LogP contribution in [0.15, 0.2) is 11.9 Å². The number of hydrogen-bond donors (Lipinski definition) is 1. The minimum atomic E-state index is -7.64. The number of epoxide rings is 1. The first kappa shape index (κ1) is 27.1. The van der Waals surface area contributed by atoms with Crippen LogP contribution >= 0.6 is 0 Å². The van der Waals surface area contributed by atoms with Gasteiger partial charge >= 0.3 is 47.7 Å². The number of aliphatic carboxylic acids is 1. The molecule has 31 heavy (non-hydrogen) atoms. The predicted octanol–water partition coefficient (Wildman–Crippen LogP) is 5.07. The van der Waals surface area contributed by atoms with Gasteiger partial charge in [0.1, 0.15) is 0 Å². The third kappa shape index (κ3) is 3.88. The fraction of sp³-hybridized carbons (Fsp3) is 0.750. The van der Waals surface area contributed by atoms with Gasteiger partial charge in [-0.3, -0.25) is 0 Å². The van der Waals surface area contributed by atoms with Crippen LogP contribution in [0.25, 0.3) is 0 Å². The predicted molar refractivity (Wildman–Crippen MR) is 61.2 cm³/mol. The Morgan fingerprint density at radius 2 is 1.16 bits per heavy atom. The summed E-state index contributed by atoms with van der Waals surface area (Å²) < 4.78 is 210. The quantitative estimate of drug-likeness (QED) is 0.375. The highest BCUT2D eigenvalue weighted by molar-refractivity contribution is 5.76. The van der Waals surface area contributed by atoms with Crippen LogP contribution in [0.5, 0.6) is 0 Å². The van der Waals surface area contributed by atoms with Crippen LogP contribution in [0.2, 0.25) is 0 Å². The van der Waals surface area contributed by atoms with Crippen molar-refractivity contribution in [2.24, 2.45) is 0 Å². The monoisotopic (exact) mass is 500 g/mol. The molecule has 0 spiro atoms. The summed E-state index contributed by atoms with van der Waals surface area (Å²) >= 11 is 0. The van der Waals surface area contributed by atoms with Gasteiger partial charge in [-0.1, -0.05) is 0 Å². The molecule has 2 atom stereocenters. The molecule has 0 aromatic carbocycles. The minimum absolute atomic E-state index is 2.45. The molecule has 182 valence electrons. The minimum Gasteiger partial charge on any atom is -0.479 e. The van der Waals surface area contributed by atoms with Gasteiger partial charge < -0.3 is 9.84 Å². The number of carboxylic acid groups (broad SMARTS) is 1. The van der Waals surface area contributed by atoms with Crippen LogP contribution in [-0.4, -0.2) is 65.0 Å². The van der Waals surface area contributed by atoms with Crippen molar-refractivity contribution in [2.75, 3.05) is 0 Å². The van der Waals surface area contributed by atoms with E-state index in [4.69, 9.17) is 5.11 Å². The van der Waals surface area contributed by atoms with E-state index in [1.54, 1.807) is 0 Å². The van der Waals surface area contributed by atoms with Gasteiger partial charge in [-0.25, -0.2) is 9.18 Å². The zero-order valence-electron chi connectivity index (χ0n) is 13.5. The van der Waals surface area contributed by atoms with Crippen LogP contribution in [0.4, 0.5) is 70.2 Å². The van der Waals surface area contributed by atoms with E-state index in [0.29, 0.717) is 0 Å². The van der Waals surface area contributed by atoms with Crippen LogP contribution < -0.4 is 0 Å². The summed E-state index contributed by atoms with van der Waals surface area (Å²) in [5, 5.41) is 8.22. The Morgan fingerprint density at radius 1 is 0.742 bits per heavy atom. The lowest BCUT2D eigenvalue weighted by atomic mass is 9.94. The molecule has 1 rings (SSSR count). The normalized spacial score (nSPS) is 22.5. The number of carboxylic acids is 1. The summed E-state index contributed by atoms with van der Waals surface area (Å²) in [5.74, 6) is -50.8. The number of rotatable bonds is 8. The second kappa shape index (κ2) is 7.03. The Hall–Kier alpha value is -1.95. The lowest BCUT2D eigenvalue weighted by Crippen LogP contribution is -2.64. The zero-order chi connectivity index (χ0) is 25.2. The molecule has 19 heteroatoms. The van der Waals surface area contributed by atoms with Gasteiger partial charge in [-0.15, -0.1) is 0 Å². The van der Waals surface area contributed by atoms with E-state index in [9.17, 15) is 75.0 Å². The van der Waals surface area contributed by atoms with Crippen LogP contribution in [0.1, 0.15) is 0 Å². The molecule has 0 aromatic heterocycles. The molecule has 1 heterocycles. The summed E-state index contributed by atoms with van der Waals surface area (Å²) in [7, 11) is 0. The average molecular weight is 500 g/mol. The van der Waals surface area contributed by atoms with Crippen LogP contribution in [0.3, 0.4) is 0 Å². The Kier molecular flexibility index (Phi) is 6.14. The van der Waals surface area contributed by atoms with Crippen molar-refractivity contribution in [2.45, 2.75) is 53.9 Å². The van der Waals surface area contributed by atoms with Gasteiger partial charge in [0.2, 0.25) is 0 Å². The third-order valence-electron chi connectivity index (χ3n) is 3.68. The molecule has 0 aromatic rings. The molecular formula is C12H4F16O3. The van der Waals surface area contributed by atoms with E-state index >= 15 is 0 Å². The highest BCUT2D eigenvalue weighted by atomic mass is 19.4. The summed E-state index contributed by atoms with van der Waals surface area (Å²) in [6.45, 7) is 0. The highest BCUT2D eigenvalue weighted by Crippen LogP contribution is 2.58. The summed E-state index contributed by atoms with van der Waals surface area (Å²) in [4.78, 5) is 10.3. The number of allylic oxidation sites excluding steroid dienone is 2. The maximum Gasteiger partial charge on any atom is 0.460 e. The molecule has 3 nitrogen and oxygen atoms in total. The first-order chi connectivity index (χ1) is 13.3. The molecule has 0 bridgehead atoms. The Labute approximate surface area is 158 Å². The van der Waals surface area contributed by atoms with Gasteiger partial charge in [-0.2, -0.15) is 65.9 Å². The van der Waals surface area contributed by atoms with E-state index < -0.39 is 71.8 Å². The molecule has 0 amide bonds. The molecule has 1 N–H and O–H groups in total. The number of alkyl halides is 15. The fourth-order valence-corrected chi connectivity index (χ4v) is 1.84. The van der Waals surface area contributed by atoms with Crippen molar-refractivity contribution < 1.29 is 84.9 Å². The van der Waals surface area contributed by atoms with E-state index in [1.165, 1.54) is 0 Å². The van der Waals surface area contributed by atoms with Crippen molar-refractivity contribution >= 4 is 5.97 Å². The zero-order valence-corrected chi connectivity index (χ0v) is 13.5. The fourth-order valence-electron chi connectivity index (χ4n) is 1.84. The Balaban J connectivity index is 3.42. The van der Waals surface area contributed by atoms with Crippen LogP contribution in [0, 0.1) is 0 Å². The second-order valence-electron chi connectivity index (χ2n) is 5.85. The lowest BCUT2D eigenvalue weighted by Gasteiger charge is -2.35. The van der Waals surface area contributed by atoms with Gasteiger partial charge in [0.15, 0.2) is 18.0 Å². The number of ether oxygens (including phenoxy) is 1. The molecule has 1 saturated heterocycles. The third-order valence-corrected chi connectivity index (χ3v) is 3.68. The Morgan fingerprint density at radius 3 is 1.48 bits per heavy atom. The molecule has 1 aliphatic rings. The first-order valence-corrected chi connectivity index (χ1v) is 6.91. The average Bonchev–Trinajstić information content (AvgIpc) is 3.33. The van der Waals surface area contributed by atoms with E-state index in [-0.39, 0.29) is 0 Å². The molecule has 0 aliphatic carbocycles. The molecule has 1 aliphatic heterocycles. The van der Waals surface area contributed by atoms with Gasteiger partial charge in [0.25, 0.3) is 0 Å². The summed E-state index contributed by atoms with van der Waals surface area (Å²) in [5.41, 5.74) is 0. The maximum atomic E-state index is 13.5. The molecule has 2 unspecified atom stereocenters. The van der Waals surface area contributed by atoms with Gasteiger partial charge in [0.05, 0.1) is 0 Å². The van der Waals surface area contributed by atoms with Crippen molar-refractivity contribution in [3.63, 3.8) is 0 Å². The lowest BCUT2D eigenvalue weighted by molar-refractivity contribution is -0.360. The number of halogens is 16. The highest BCUT2D eigenvalue weighted by Gasteiger charge is 2.85. The van der Waals surface area contributed by atoms with Crippen molar-refractivity contribution in [1.29, 1.82) is 0 Å². The van der Waals surface area contributed by atoms with Crippen LogP contribution in [-0.2, 0) is 9.53 Å². The van der Waals surface area contributed by atoms with Crippen molar-refractivity contribution in [1.82, 2.24) is 0 Å². The second-order valence-corrected chi connectivity index (χ2v) is 5.85. The topological polar surface area (TPSA) is 49.8 Å². The molecule has 0 radical (unpaired) electrons. The van der Waals surface area contributed by atoms with Crippen molar-refractivity contribution in [3.8, 4) is 0 Å². The molecular weight excluding hydrogens is 496 g/mol. The summed E-state index contributed by atoms with van der Waals surface area (Å²) in [6.07, 6.45) is -16.7. The van der Waals surface area contributed by atoms with E-state index in [0.717, 1.165) is 0 Å². The van der Waals surface area contributed by atoms with E-state index in [2.05, 4.69) is 4.74 Å². The molecule has 0 saturated carbocycles.